The summed E-state index contributed by atoms with van der Waals surface area (Å²) in [7, 11) is 0. The zero-order valence-electron chi connectivity index (χ0n) is 15.4. The standard InChI is InChI=1S/C22H34O2/c1-15-6-7-17(13-21(15)24)8-9-18-5-4-12-22(3)19(16(2)14-23)10-11-20(18)22/h8-9,16,19-21,23-24H,1,4-7,10-14H2,2-3H3/b17-8-,18-9+/t16-,19-,20+,21+,22-/m1/s1. The van der Waals surface area contributed by atoms with E-state index in [1.807, 2.05) is 0 Å². The SMILES string of the molecule is C=C1CC/C(=C/C=C2\CCC[C@]3(C)[C@@H]([C@H](C)CO)CC[C@@H]23)C[C@@H]1O. The van der Waals surface area contributed by atoms with Gasteiger partial charge in [0.15, 0.2) is 0 Å². The molecule has 2 N–H and O–H groups in total. The Hall–Kier alpha value is -0.860. The molecule has 0 saturated heterocycles. The third kappa shape index (κ3) is 3.28. The first-order valence-corrected chi connectivity index (χ1v) is 9.80. The first-order chi connectivity index (χ1) is 11.5. The predicted octanol–water partition coefficient (Wildman–Crippen LogP) is 4.79. The molecule has 0 aromatic heterocycles. The highest BCUT2D eigenvalue weighted by molar-refractivity contribution is 5.28. The monoisotopic (exact) mass is 330 g/mol. The van der Waals surface area contributed by atoms with Crippen LogP contribution in [0.3, 0.4) is 0 Å². The van der Waals surface area contributed by atoms with Crippen LogP contribution >= 0.6 is 0 Å². The van der Waals surface area contributed by atoms with Gasteiger partial charge in [0.1, 0.15) is 0 Å². The van der Waals surface area contributed by atoms with Gasteiger partial charge in [-0.3, -0.25) is 0 Å². The fourth-order valence-electron chi connectivity index (χ4n) is 5.70. The fraction of sp³-hybridized carbons (Fsp3) is 0.727. The normalized spacial score (nSPS) is 41.7. The van der Waals surface area contributed by atoms with E-state index in [2.05, 4.69) is 32.6 Å². The van der Waals surface area contributed by atoms with Crippen molar-refractivity contribution < 1.29 is 10.2 Å². The van der Waals surface area contributed by atoms with E-state index >= 15 is 0 Å². The number of aliphatic hydroxyl groups is 2. The number of hydrogen-bond donors (Lipinski definition) is 2. The van der Waals surface area contributed by atoms with Crippen molar-refractivity contribution in [3.63, 3.8) is 0 Å². The van der Waals surface area contributed by atoms with Gasteiger partial charge in [-0.05, 0) is 80.1 Å². The molecule has 134 valence electrons. The number of allylic oxidation sites excluding steroid dienone is 3. The Kier molecular flexibility index (Phi) is 5.36. The third-order valence-corrected chi connectivity index (χ3v) is 7.24. The van der Waals surface area contributed by atoms with Crippen molar-refractivity contribution in [2.75, 3.05) is 6.61 Å². The molecule has 0 bridgehead atoms. The third-order valence-electron chi connectivity index (χ3n) is 7.24. The molecular formula is C22H34O2. The van der Waals surface area contributed by atoms with Gasteiger partial charge in [-0.2, -0.15) is 0 Å². The van der Waals surface area contributed by atoms with Gasteiger partial charge in [0.25, 0.3) is 0 Å². The highest BCUT2D eigenvalue weighted by Gasteiger charge is 2.50. The Balaban J connectivity index is 1.76. The summed E-state index contributed by atoms with van der Waals surface area (Å²) in [5, 5.41) is 19.6. The van der Waals surface area contributed by atoms with Crippen molar-refractivity contribution in [2.45, 2.75) is 71.3 Å². The van der Waals surface area contributed by atoms with Gasteiger partial charge in [0.05, 0.1) is 6.10 Å². The molecule has 3 rings (SSSR count). The van der Waals surface area contributed by atoms with Crippen molar-refractivity contribution in [1.29, 1.82) is 0 Å². The van der Waals surface area contributed by atoms with E-state index in [0.717, 1.165) is 24.8 Å². The maximum absolute atomic E-state index is 10.0. The van der Waals surface area contributed by atoms with Gasteiger partial charge < -0.3 is 10.2 Å². The Morgan fingerprint density at radius 3 is 2.75 bits per heavy atom. The van der Waals surface area contributed by atoms with Crippen LogP contribution in [-0.2, 0) is 0 Å². The van der Waals surface area contributed by atoms with Crippen LogP contribution in [0.5, 0.6) is 0 Å². The summed E-state index contributed by atoms with van der Waals surface area (Å²) in [6, 6.07) is 0. The van der Waals surface area contributed by atoms with E-state index in [1.165, 1.54) is 37.7 Å². The lowest BCUT2D eigenvalue weighted by atomic mass is 9.61. The molecule has 3 aliphatic carbocycles. The first kappa shape index (κ1) is 17.9. The summed E-state index contributed by atoms with van der Waals surface area (Å²) in [6.07, 6.45) is 13.4. The van der Waals surface area contributed by atoms with E-state index in [9.17, 15) is 10.2 Å². The summed E-state index contributed by atoms with van der Waals surface area (Å²) >= 11 is 0. The van der Waals surface area contributed by atoms with Gasteiger partial charge >= 0.3 is 0 Å². The molecule has 0 heterocycles. The highest BCUT2D eigenvalue weighted by atomic mass is 16.3. The van der Waals surface area contributed by atoms with E-state index in [1.54, 1.807) is 5.57 Å². The van der Waals surface area contributed by atoms with Crippen LogP contribution in [0.25, 0.3) is 0 Å². The molecule has 0 aromatic rings. The zero-order chi connectivity index (χ0) is 17.3. The Labute approximate surface area is 147 Å². The topological polar surface area (TPSA) is 40.5 Å². The lowest BCUT2D eigenvalue weighted by molar-refractivity contribution is 0.0690. The molecule has 3 fully saturated rings. The van der Waals surface area contributed by atoms with Crippen molar-refractivity contribution in [1.82, 2.24) is 0 Å². The highest BCUT2D eigenvalue weighted by Crippen LogP contribution is 2.59. The van der Waals surface area contributed by atoms with E-state index < -0.39 is 0 Å². The van der Waals surface area contributed by atoms with Crippen LogP contribution in [-0.4, -0.2) is 22.9 Å². The molecule has 0 aliphatic heterocycles. The molecule has 24 heavy (non-hydrogen) atoms. The van der Waals surface area contributed by atoms with Gasteiger partial charge in [0, 0.05) is 6.61 Å². The van der Waals surface area contributed by atoms with Crippen LogP contribution in [0.4, 0.5) is 0 Å². The van der Waals surface area contributed by atoms with Crippen LogP contribution < -0.4 is 0 Å². The summed E-state index contributed by atoms with van der Waals surface area (Å²) in [4.78, 5) is 0. The minimum Gasteiger partial charge on any atom is -0.396 e. The van der Waals surface area contributed by atoms with Gasteiger partial charge in [-0.15, -0.1) is 0 Å². The Bertz CT molecular complexity index is 544. The quantitative estimate of drug-likeness (QED) is 0.731. The summed E-state index contributed by atoms with van der Waals surface area (Å²) in [6.45, 7) is 8.95. The maximum Gasteiger partial charge on any atom is 0.0784 e. The van der Waals surface area contributed by atoms with Gasteiger partial charge in [0.2, 0.25) is 0 Å². The molecule has 5 atom stereocenters. The lowest BCUT2D eigenvalue weighted by Crippen LogP contribution is -2.36. The number of rotatable bonds is 3. The second-order valence-corrected chi connectivity index (χ2v) is 8.70. The maximum atomic E-state index is 10.0. The lowest BCUT2D eigenvalue weighted by Gasteiger charge is -2.44. The molecule has 0 unspecified atom stereocenters. The molecule has 3 saturated carbocycles. The Morgan fingerprint density at radius 1 is 1.25 bits per heavy atom. The molecule has 0 aromatic carbocycles. The predicted molar refractivity (Wildman–Crippen MR) is 99.6 cm³/mol. The van der Waals surface area contributed by atoms with Gasteiger partial charge in [-0.25, -0.2) is 0 Å². The fourth-order valence-corrected chi connectivity index (χ4v) is 5.70. The van der Waals surface area contributed by atoms with Crippen molar-refractivity contribution in [3.05, 3.63) is 35.5 Å². The van der Waals surface area contributed by atoms with E-state index in [-0.39, 0.29) is 6.10 Å². The molecule has 3 aliphatic rings. The first-order valence-electron chi connectivity index (χ1n) is 9.80. The zero-order valence-corrected chi connectivity index (χ0v) is 15.4. The van der Waals surface area contributed by atoms with Crippen LogP contribution in [0.2, 0.25) is 0 Å². The summed E-state index contributed by atoms with van der Waals surface area (Å²) in [5.74, 6) is 1.76. The Morgan fingerprint density at radius 2 is 2.04 bits per heavy atom. The minimum absolute atomic E-state index is 0.317. The van der Waals surface area contributed by atoms with Gasteiger partial charge in [-0.1, -0.05) is 43.7 Å². The van der Waals surface area contributed by atoms with Crippen LogP contribution in [0.1, 0.15) is 65.2 Å². The van der Waals surface area contributed by atoms with Crippen molar-refractivity contribution >= 4 is 0 Å². The summed E-state index contributed by atoms with van der Waals surface area (Å²) < 4.78 is 0. The van der Waals surface area contributed by atoms with Crippen LogP contribution in [0, 0.1) is 23.2 Å². The average Bonchev–Trinajstić information content (AvgIpc) is 2.92. The molecular weight excluding hydrogens is 296 g/mol. The largest absolute Gasteiger partial charge is 0.396 e. The number of aliphatic hydroxyl groups excluding tert-OH is 2. The smallest absolute Gasteiger partial charge is 0.0784 e. The van der Waals surface area contributed by atoms with Crippen molar-refractivity contribution in [3.8, 4) is 0 Å². The average molecular weight is 331 g/mol. The molecule has 2 nitrogen and oxygen atoms in total. The second-order valence-electron chi connectivity index (χ2n) is 8.70. The second kappa shape index (κ2) is 7.17. The minimum atomic E-state index is -0.346. The van der Waals surface area contributed by atoms with Crippen LogP contribution in [0.15, 0.2) is 35.5 Å². The number of fused-ring (bicyclic) bond motifs is 1. The van der Waals surface area contributed by atoms with E-state index in [0.29, 0.717) is 29.8 Å². The molecule has 0 amide bonds. The molecule has 0 radical (unpaired) electrons. The summed E-state index contributed by atoms with van der Waals surface area (Å²) in [5.41, 5.74) is 4.34. The molecule has 2 heteroatoms. The van der Waals surface area contributed by atoms with E-state index in [4.69, 9.17) is 0 Å². The van der Waals surface area contributed by atoms with Crippen molar-refractivity contribution in [2.24, 2.45) is 23.2 Å². The molecule has 0 spiro atoms. The number of hydrogen-bond acceptors (Lipinski definition) is 2.